The van der Waals surface area contributed by atoms with Crippen LogP contribution in [0.5, 0.6) is 5.75 Å². The van der Waals surface area contributed by atoms with Crippen molar-refractivity contribution in [1.29, 1.82) is 0 Å². The van der Waals surface area contributed by atoms with E-state index in [4.69, 9.17) is 43.1 Å². The smallest absolute Gasteiger partial charge is 0.418 e. The lowest BCUT2D eigenvalue weighted by molar-refractivity contribution is -0.273. The Bertz CT molecular complexity index is 1530. The van der Waals surface area contributed by atoms with Crippen molar-refractivity contribution in [3.8, 4) is 11.4 Å². The second-order valence-electron chi connectivity index (χ2n) is 9.33. The number of hydrogen-bond acceptors (Lipinski definition) is 8. The zero-order valence-electron chi connectivity index (χ0n) is 21.4. The molecule has 5 rings (SSSR count). The van der Waals surface area contributed by atoms with Gasteiger partial charge in [-0.15, -0.1) is 0 Å². The predicted octanol–water partition coefficient (Wildman–Crippen LogP) is 4.69. The Morgan fingerprint density at radius 1 is 1.27 bits per heavy atom. The SMILES string of the molecule is COc1cc(Cl)c(F)cc1/C(C=NC1C(O)C(c2nc(C)nn2-c2cc(Cl)ccc2C(F)(F)F)OC2COC21)=C/N. The summed E-state index contributed by atoms with van der Waals surface area (Å²) in [5.41, 5.74) is 4.92. The molecule has 5 atom stereocenters. The highest BCUT2D eigenvalue weighted by molar-refractivity contribution is 6.31. The largest absolute Gasteiger partial charge is 0.496 e. The lowest BCUT2D eigenvalue weighted by Gasteiger charge is -2.48. The van der Waals surface area contributed by atoms with Crippen LogP contribution in [0.4, 0.5) is 17.6 Å². The predicted molar refractivity (Wildman–Crippen MR) is 142 cm³/mol. The average molecular weight is 616 g/mol. The first kappa shape index (κ1) is 29.3. The summed E-state index contributed by atoms with van der Waals surface area (Å²) in [5, 5.41) is 15.5. The molecule has 2 saturated heterocycles. The Morgan fingerprint density at radius 3 is 2.66 bits per heavy atom. The van der Waals surface area contributed by atoms with Crippen LogP contribution in [0.3, 0.4) is 0 Å². The summed E-state index contributed by atoms with van der Waals surface area (Å²) in [6, 6.07) is 4.53. The molecular weight excluding hydrogens is 593 g/mol. The van der Waals surface area contributed by atoms with Crippen LogP contribution >= 0.6 is 23.2 Å². The van der Waals surface area contributed by atoms with E-state index in [9.17, 15) is 22.7 Å². The van der Waals surface area contributed by atoms with E-state index in [2.05, 4.69) is 15.1 Å². The van der Waals surface area contributed by atoms with Crippen LogP contribution in [0.1, 0.15) is 28.9 Å². The Morgan fingerprint density at radius 2 is 2.02 bits per heavy atom. The summed E-state index contributed by atoms with van der Waals surface area (Å²) in [6.45, 7) is 1.66. The van der Waals surface area contributed by atoms with Gasteiger partial charge in [-0.25, -0.2) is 14.1 Å². The van der Waals surface area contributed by atoms with Crippen molar-refractivity contribution in [2.45, 2.75) is 43.6 Å². The molecule has 9 nitrogen and oxygen atoms in total. The number of aliphatic imine (C=N–C) groups is 1. The van der Waals surface area contributed by atoms with E-state index in [0.717, 1.165) is 28.9 Å². The van der Waals surface area contributed by atoms with Crippen molar-refractivity contribution >= 4 is 35.0 Å². The van der Waals surface area contributed by atoms with Crippen LogP contribution in [0, 0.1) is 12.7 Å². The summed E-state index contributed by atoms with van der Waals surface area (Å²) in [5.74, 6) is -0.420. The number of nitrogens with zero attached hydrogens (tertiary/aromatic N) is 4. The number of benzene rings is 2. The van der Waals surface area contributed by atoms with E-state index in [1.807, 2.05) is 0 Å². The minimum absolute atomic E-state index is 0.0438. The molecule has 2 fully saturated rings. The quantitative estimate of drug-likeness (QED) is 0.305. The van der Waals surface area contributed by atoms with Crippen LogP contribution < -0.4 is 10.5 Å². The molecule has 3 N–H and O–H groups in total. The normalized spacial score (nSPS) is 24.8. The number of aryl methyl sites for hydroxylation is 1. The summed E-state index contributed by atoms with van der Waals surface area (Å²) >= 11 is 11.9. The van der Waals surface area contributed by atoms with Crippen LogP contribution in [-0.2, 0) is 15.7 Å². The first-order valence-electron chi connectivity index (χ1n) is 12.2. The third-order valence-electron chi connectivity index (χ3n) is 6.74. The monoisotopic (exact) mass is 615 g/mol. The number of ether oxygens (including phenoxy) is 3. The lowest BCUT2D eigenvalue weighted by Crippen LogP contribution is -2.62. The molecule has 5 unspecified atom stereocenters. The van der Waals surface area contributed by atoms with Crippen molar-refractivity contribution < 1.29 is 36.9 Å². The van der Waals surface area contributed by atoms with Gasteiger partial charge in [-0.3, -0.25) is 4.99 Å². The second kappa shape index (κ2) is 11.2. The molecule has 0 bridgehead atoms. The maximum Gasteiger partial charge on any atom is 0.418 e. The number of aromatic nitrogens is 3. The minimum atomic E-state index is -4.73. The number of rotatable bonds is 6. The van der Waals surface area contributed by atoms with E-state index >= 15 is 0 Å². The molecule has 3 aromatic rings. The molecule has 0 aliphatic carbocycles. The van der Waals surface area contributed by atoms with Crippen LogP contribution in [0.15, 0.2) is 41.5 Å². The fourth-order valence-electron chi connectivity index (χ4n) is 4.75. The van der Waals surface area contributed by atoms with Gasteiger partial charge in [-0.1, -0.05) is 23.2 Å². The Balaban J connectivity index is 1.52. The van der Waals surface area contributed by atoms with Gasteiger partial charge in [0, 0.05) is 34.6 Å². The second-order valence-corrected chi connectivity index (χ2v) is 10.2. The van der Waals surface area contributed by atoms with Gasteiger partial charge in [0.05, 0.1) is 30.0 Å². The van der Waals surface area contributed by atoms with Gasteiger partial charge in [0.2, 0.25) is 0 Å². The van der Waals surface area contributed by atoms with Gasteiger partial charge in [0.1, 0.15) is 47.8 Å². The number of aliphatic hydroxyl groups is 1. The zero-order valence-corrected chi connectivity index (χ0v) is 23.0. The van der Waals surface area contributed by atoms with E-state index < -0.39 is 48.0 Å². The topological polar surface area (TPSA) is 117 Å². The van der Waals surface area contributed by atoms with E-state index in [1.54, 1.807) is 0 Å². The number of hydrogen-bond donors (Lipinski definition) is 2. The average Bonchev–Trinajstić information content (AvgIpc) is 3.29. The first-order chi connectivity index (χ1) is 19.4. The lowest BCUT2D eigenvalue weighted by atomic mass is 9.89. The van der Waals surface area contributed by atoms with Crippen molar-refractivity contribution in [2.75, 3.05) is 13.7 Å². The number of alkyl halides is 3. The third kappa shape index (κ3) is 5.52. The van der Waals surface area contributed by atoms with Crippen molar-refractivity contribution in [3.05, 3.63) is 75.2 Å². The molecule has 218 valence electrons. The van der Waals surface area contributed by atoms with E-state index in [-0.39, 0.29) is 50.9 Å². The zero-order chi connectivity index (χ0) is 29.6. The molecule has 3 heterocycles. The van der Waals surface area contributed by atoms with Gasteiger partial charge >= 0.3 is 6.18 Å². The third-order valence-corrected chi connectivity index (χ3v) is 7.27. The van der Waals surface area contributed by atoms with Crippen LogP contribution in [0.25, 0.3) is 11.3 Å². The van der Waals surface area contributed by atoms with Gasteiger partial charge < -0.3 is 25.1 Å². The molecule has 0 saturated carbocycles. The number of aliphatic hydroxyl groups excluding tert-OH is 1. The number of methoxy groups -OCH3 is 1. The molecule has 41 heavy (non-hydrogen) atoms. The highest BCUT2D eigenvalue weighted by Gasteiger charge is 2.53. The molecule has 15 heteroatoms. The fraction of sp³-hybridized carbons (Fsp3) is 0.346. The number of allylic oxidation sites excluding steroid dienone is 1. The molecule has 0 radical (unpaired) electrons. The summed E-state index contributed by atoms with van der Waals surface area (Å²) in [4.78, 5) is 8.77. The number of nitrogens with two attached hydrogens (primary N) is 1. The number of fused-ring (bicyclic) bond motifs is 1. The highest BCUT2D eigenvalue weighted by Crippen LogP contribution is 2.41. The number of halogens is 6. The molecular formula is C26H23Cl2F4N5O4. The standard InChI is InChI=1S/C26H23Cl2F4N5O4/c1-11-35-25(37(36-11)18-5-13(27)3-4-15(18)26(30,31)32)24-22(38)21(23-20(41-24)10-40-23)34-9-12(8-33)14-6-17(29)16(28)7-19(14)39-2/h3-9,20-24,38H,10,33H2,1-2H3/b12-8+,34-9?. The van der Waals surface area contributed by atoms with Gasteiger partial charge in [0.15, 0.2) is 5.82 Å². The minimum Gasteiger partial charge on any atom is -0.496 e. The van der Waals surface area contributed by atoms with E-state index in [0.29, 0.717) is 0 Å². The van der Waals surface area contributed by atoms with Crippen LogP contribution in [0.2, 0.25) is 10.0 Å². The highest BCUT2D eigenvalue weighted by atomic mass is 35.5. The summed E-state index contributed by atoms with van der Waals surface area (Å²) in [7, 11) is 1.38. The Hall–Kier alpha value is -3.23. The molecule has 2 aliphatic heterocycles. The molecule has 0 spiro atoms. The fourth-order valence-corrected chi connectivity index (χ4v) is 5.07. The van der Waals surface area contributed by atoms with Crippen molar-refractivity contribution in [1.82, 2.24) is 14.8 Å². The van der Waals surface area contributed by atoms with Crippen molar-refractivity contribution in [3.63, 3.8) is 0 Å². The summed E-state index contributed by atoms with van der Waals surface area (Å²) in [6.07, 6.45) is -6.14. The molecule has 2 aliphatic rings. The Labute approximate surface area is 241 Å². The molecule has 0 amide bonds. The van der Waals surface area contributed by atoms with Gasteiger partial charge in [-0.2, -0.15) is 18.3 Å². The van der Waals surface area contributed by atoms with E-state index in [1.165, 1.54) is 32.5 Å². The van der Waals surface area contributed by atoms with Gasteiger partial charge in [0.25, 0.3) is 0 Å². The molecule has 2 aromatic carbocycles. The van der Waals surface area contributed by atoms with Gasteiger partial charge in [-0.05, 0) is 31.2 Å². The molecule has 1 aromatic heterocycles. The van der Waals surface area contributed by atoms with Crippen LogP contribution in [-0.4, -0.2) is 64.2 Å². The Kier molecular flexibility index (Phi) is 8.01. The van der Waals surface area contributed by atoms with Crippen molar-refractivity contribution in [2.24, 2.45) is 10.7 Å². The first-order valence-corrected chi connectivity index (χ1v) is 12.9. The summed E-state index contributed by atoms with van der Waals surface area (Å²) < 4.78 is 73.8. The maximum absolute atomic E-state index is 14.2. The maximum atomic E-state index is 14.2.